The summed E-state index contributed by atoms with van der Waals surface area (Å²) in [4.78, 5) is 38.0. The van der Waals surface area contributed by atoms with Gasteiger partial charge in [0, 0.05) is 38.4 Å². The third-order valence-corrected chi connectivity index (χ3v) is 4.79. The number of carbonyl (C=O) groups excluding carboxylic acids is 3. The first-order valence-electron chi connectivity index (χ1n) is 8.10. The number of nitrogens with zero attached hydrogens (tertiary/aromatic N) is 1. The minimum Gasteiger partial charge on any atom is -0.450 e. The summed E-state index contributed by atoms with van der Waals surface area (Å²) >= 11 is 0. The van der Waals surface area contributed by atoms with E-state index in [0.717, 1.165) is 0 Å². The minimum absolute atomic E-state index is 0.0449. The molecule has 2 aliphatic heterocycles. The number of likely N-dealkylation sites (tertiary alicyclic amines) is 1. The highest BCUT2D eigenvalue weighted by Gasteiger charge is 2.51. The summed E-state index contributed by atoms with van der Waals surface area (Å²) in [5.74, 6) is -1.71. The van der Waals surface area contributed by atoms with Gasteiger partial charge in [0.1, 0.15) is 11.4 Å². The number of benzene rings is 1. The van der Waals surface area contributed by atoms with Gasteiger partial charge in [0.05, 0.1) is 11.3 Å². The fourth-order valence-electron chi connectivity index (χ4n) is 3.41. The number of nitrogens with one attached hydrogen (secondary N) is 1. The van der Waals surface area contributed by atoms with Gasteiger partial charge < -0.3 is 15.0 Å². The van der Waals surface area contributed by atoms with Crippen LogP contribution in [-0.2, 0) is 19.1 Å². The van der Waals surface area contributed by atoms with Crippen LogP contribution in [0.3, 0.4) is 0 Å². The molecule has 2 heterocycles. The van der Waals surface area contributed by atoms with Crippen LogP contribution in [0.4, 0.5) is 10.1 Å². The largest absolute Gasteiger partial charge is 0.450 e. The highest BCUT2D eigenvalue weighted by atomic mass is 19.1. The van der Waals surface area contributed by atoms with Crippen molar-refractivity contribution in [3.8, 4) is 0 Å². The molecule has 0 aromatic heterocycles. The smallest absolute Gasteiger partial charge is 0.335 e. The van der Waals surface area contributed by atoms with Gasteiger partial charge in [0.2, 0.25) is 5.91 Å². The van der Waals surface area contributed by atoms with Crippen LogP contribution in [0.1, 0.15) is 26.7 Å². The fraction of sp³-hybridized carbons (Fsp3) is 0.389. The summed E-state index contributed by atoms with van der Waals surface area (Å²) in [5.41, 5.74) is -0.555. The van der Waals surface area contributed by atoms with Crippen molar-refractivity contribution in [2.75, 3.05) is 18.4 Å². The molecule has 1 aromatic rings. The molecule has 25 heavy (non-hydrogen) atoms. The maximum absolute atomic E-state index is 13.8. The molecule has 0 bridgehead atoms. The number of anilines is 1. The highest BCUT2D eigenvalue weighted by Crippen LogP contribution is 2.41. The SMILES string of the molecule is CC(=O)N1CCC2(CC1)OC(=O)C(C)=C2C(=O)Nc1ccccc1F. The zero-order valence-corrected chi connectivity index (χ0v) is 14.1. The Balaban J connectivity index is 1.87. The van der Waals surface area contributed by atoms with Crippen molar-refractivity contribution in [1.29, 1.82) is 0 Å². The van der Waals surface area contributed by atoms with E-state index in [-0.39, 0.29) is 22.7 Å². The topological polar surface area (TPSA) is 75.7 Å². The molecule has 0 saturated carbocycles. The van der Waals surface area contributed by atoms with E-state index in [0.29, 0.717) is 25.9 Å². The van der Waals surface area contributed by atoms with E-state index < -0.39 is 23.3 Å². The van der Waals surface area contributed by atoms with Crippen molar-refractivity contribution in [3.05, 3.63) is 41.2 Å². The number of halogens is 1. The van der Waals surface area contributed by atoms with Crippen LogP contribution in [0.2, 0.25) is 0 Å². The van der Waals surface area contributed by atoms with Crippen LogP contribution < -0.4 is 5.32 Å². The zero-order chi connectivity index (χ0) is 18.2. The van der Waals surface area contributed by atoms with Gasteiger partial charge in [-0.15, -0.1) is 0 Å². The number of esters is 1. The predicted octanol–water partition coefficient (Wildman–Crippen LogP) is 2.02. The van der Waals surface area contributed by atoms with Crippen molar-refractivity contribution >= 4 is 23.5 Å². The lowest BCUT2D eigenvalue weighted by atomic mass is 9.82. The second-order valence-corrected chi connectivity index (χ2v) is 6.32. The van der Waals surface area contributed by atoms with E-state index in [4.69, 9.17) is 4.74 Å². The molecule has 0 aliphatic carbocycles. The number of hydrogen-bond donors (Lipinski definition) is 1. The molecule has 2 amide bonds. The van der Waals surface area contributed by atoms with E-state index >= 15 is 0 Å². The maximum atomic E-state index is 13.8. The van der Waals surface area contributed by atoms with Gasteiger partial charge in [0.15, 0.2) is 0 Å². The first kappa shape index (κ1) is 17.1. The van der Waals surface area contributed by atoms with E-state index in [1.54, 1.807) is 11.0 Å². The average Bonchev–Trinajstić information content (AvgIpc) is 2.80. The van der Waals surface area contributed by atoms with Gasteiger partial charge in [-0.05, 0) is 19.1 Å². The Bertz CT molecular complexity index is 779. The Morgan fingerprint density at radius 3 is 2.48 bits per heavy atom. The van der Waals surface area contributed by atoms with Crippen LogP contribution in [0, 0.1) is 5.82 Å². The Morgan fingerprint density at radius 1 is 1.24 bits per heavy atom. The van der Waals surface area contributed by atoms with Crippen molar-refractivity contribution in [2.45, 2.75) is 32.3 Å². The predicted molar refractivity (Wildman–Crippen MR) is 88.0 cm³/mol. The van der Waals surface area contributed by atoms with Crippen molar-refractivity contribution in [1.82, 2.24) is 4.90 Å². The molecule has 0 unspecified atom stereocenters. The van der Waals surface area contributed by atoms with Crippen molar-refractivity contribution in [2.24, 2.45) is 0 Å². The van der Waals surface area contributed by atoms with Gasteiger partial charge in [-0.2, -0.15) is 0 Å². The molecule has 1 saturated heterocycles. The molecule has 1 aromatic carbocycles. The maximum Gasteiger partial charge on any atom is 0.335 e. The normalized spacial score (nSPS) is 19.2. The molecular weight excluding hydrogens is 327 g/mol. The van der Waals surface area contributed by atoms with Gasteiger partial charge in [-0.1, -0.05) is 12.1 Å². The quantitative estimate of drug-likeness (QED) is 0.832. The Labute approximate surface area is 144 Å². The third kappa shape index (κ3) is 3.01. The molecule has 7 heteroatoms. The summed E-state index contributed by atoms with van der Waals surface area (Å²) < 4.78 is 19.3. The standard InChI is InChI=1S/C18H19FN2O4/c1-11-15(16(23)20-14-6-4-3-5-13(14)19)18(25-17(11)24)7-9-21(10-8-18)12(2)22/h3-6H,7-10H2,1-2H3,(H,20,23). The molecule has 132 valence electrons. The molecule has 3 rings (SSSR count). The molecular formula is C18H19FN2O4. The average molecular weight is 346 g/mol. The van der Waals surface area contributed by atoms with Gasteiger partial charge in [-0.25, -0.2) is 9.18 Å². The molecule has 1 spiro atoms. The number of carbonyl (C=O) groups is 3. The van der Waals surface area contributed by atoms with Crippen LogP contribution in [0.15, 0.2) is 35.4 Å². The molecule has 1 N–H and O–H groups in total. The minimum atomic E-state index is -1.05. The molecule has 6 nitrogen and oxygen atoms in total. The third-order valence-electron chi connectivity index (χ3n) is 4.79. The van der Waals surface area contributed by atoms with E-state index in [2.05, 4.69) is 5.32 Å². The van der Waals surface area contributed by atoms with Crippen molar-refractivity contribution < 1.29 is 23.5 Å². The first-order chi connectivity index (χ1) is 11.8. The summed E-state index contributed by atoms with van der Waals surface area (Å²) in [6, 6.07) is 5.83. The van der Waals surface area contributed by atoms with Crippen LogP contribution in [0.5, 0.6) is 0 Å². The zero-order valence-electron chi connectivity index (χ0n) is 14.1. The van der Waals surface area contributed by atoms with E-state index in [1.807, 2.05) is 0 Å². The highest BCUT2D eigenvalue weighted by molar-refractivity contribution is 6.12. The van der Waals surface area contributed by atoms with Gasteiger partial charge >= 0.3 is 5.97 Å². The fourth-order valence-corrected chi connectivity index (χ4v) is 3.41. The van der Waals surface area contributed by atoms with E-state index in [1.165, 1.54) is 32.0 Å². The van der Waals surface area contributed by atoms with Crippen LogP contribution >= 0.6 is 0 Å². The lowest BCUT2D eigenvalue weighted by Crippen LogP contribution is -2.49. The summed E-state index contributed by atoms with van der Waals surface area (Å²) in [6.45, 7) is 3.80. The van der Waals surface area contributed by atoms with Crippen molar-refractivity contribution in [3.63, 3.8) is 0 Å². The first-order valence-corrected chi connectivity index (χ1v) is 8.10. The summed E-state index contributed by atoms with van der Waals surface area (Å²) in [5, 5.41) is 2.52. The number of para-hydroxylation sites is 1. The van der Waals surface area contributed by atoms with Gasteiger partial charge in [0.25, 0.3) is 5.91 Å². The lowest BCUT2D eigenvalue weighted by molar-refractivity contribution is -0.152. The number of piperidine rings is 1. The number of ether oxygens (including phenoxy) is 1. The number of rotatable bonds is 2. The Morgan fingerprint density at radius 2 is 1.88 bits per heavy atom. The van der Waals surface area contributed by atoms with E-state index in [9.17, 15) is 18.8 Å². The summed E-state index contributed by atoms with van der Waals surface area (Å²) in [6.07, 6.45) is 0.686. The number of hydrogen-bond acceptors (Lipinski definition) is 4. The molecule has 0 radical (unpaired) electrons. The summed E-state index contributed by atoms with van der Waals surface area (Å²) in [7, 11) is 0. The molecule has 1 fully saturated rings. The number of amides is 2. The second kappa shape index (κ2) is 6.31. The van der Waals surface area contributed by atoms with Gasteiger partial charge in [-0.3, -0.25) is 9.59 Å². The molecule has 0 atom stereocenters. The van der Waals surface area contributed by atoms with Crippen LogP contribution in [0.25, 0.3) is 0 Å². The second-order valence-electron chi connectivity index (χ2n) is 6.32. The molecule has 2 aliphatic rings. The monoisotopic (exact) mass is 346 g/mol. The van der Waals surface area contributed by atoms with Crippen LogP contribution in [-0.4, -0.2) is 41.4 Å². The Hall–Kier alpha value is -2.70. The lowest BCUT2D eigenvalue weighted by Gasteiger charge is -2.39. The Kier molecular flexibility index (Phi) is 4.32.